The summed E-state index contributed by atoms with van der Waals surface area (Å²) in [5.74, 6) is 14.3. The summed E-state index contributed by atoms with van der Waals surface area (Å²) in [4.78, 5) is 20.4. The number of nitrogens with one attached hydrogen (secondary N) is 2. The number of carbonyl (C=O) groups is 1. The predicted molar refractivity (Wildman–Crippen MR) is 207 cm³/mol. The zero-order valence-corrected chi connectivity index (χ0v) is 30.5. The highest BCUT2D eigenvalue weighted by Crippen LogP contribution is 2.27. The van der Waals surface area contributed by atoms with Crippen molar-refractivity contribution >= 4 is 11.5 Å². The number of benzene rings is 2. The molecule has 0 fully saturated rings. The molecule has 8 bridgehead atoms. The van der Waals surface area contributed by atoms with Crippen molar-refractivity contribution in [1.82, 2.24) is 9.97 Å². The Bertz CT molecular complexity index is 2000. The molecule has 0 radical (unpaired) electrons. The minimum Gasteiger partial charge on any atom is -0.506 e. The Balaban J connectivity index is 1.49. The molecule has 6 heteroatoms. The standard InChI is InChI=1S/C45H50N2O4/c1-5-36-38(7-3)44-42(48)31-43(49)45-39(8-4)37(6-2)41(47-45)26-24-33-20-18-22-35(30-33)51-28-16-14-12-10-9-11-13-15-27-50-34-21-17-19-32(29-34)23-25-40(36)46-44/h9-10,17-22,29-31,46-48H,5-8,11-16,27-28H2,1-4H3/b10-9+,42-31-. The zero-order valence-electron chi connectivity index (χ0n) is 30.5. The summed E-state index contributed by atoms with van der Waals surface area (Å²) < 4.78 is 12.1. The summed E-state index contributed by atoms with van der Waals surface area (Å²) in [5.41, 5.74) is 8.05. The number of H-pyrrole nitrogens is 2. The Kier molecular flexibility index (Phi) is 13.5. The van der Waals surface area contributed by atoms with Crippen molar-refractivity contribution in [3.63, 3.8) is 0 Å². The van der Waals surface area contributed by atoms with E-state index in [1.165, 1.54) is 6.08 Å². The van der Waals surface area contributed by atoms with E-state index in [4.69, 9.17) is 9.47 Å². The van der Waals surface area contributed by atoms with Crippen LogP contribution in [-0.2, 0) is 25.7 Å². The minimum absolute atomic E-state index is 0.111. The summed E-state index contributed by atoms with van der Waals surface area (Å²) >= 11 is 0. The topological polar surface area (TPSA) is 87.3 Å². The number of aliphatic hydroxyl groups is 1. The molecule has 5 rings (SSSR count). The first-order valence-corrected chi connectivity index (χ1v) is 18.5. The molecule has 1 aliphatic heterocycles. The van der Waals surface area contributed by atoms with Crippen LogP contribution in [0.5, 0.6) is 11.5 Å². The molecule has 0 saturated heterocycles. The average molecular weight is 683 g/mol. The number of hydrogen-bond donors (Lipinski definition) is 3. The van der Waals surface area contributed by atoms with Crippen LogP contribution >= 0.6 is 0 Å². The van der Waals surface area contributed by atoms with Crippen LogP contribution in [-0.4, -0.2) is 34.1 Å². The number of aromatic amines is 2. The summed E-state index contributed by atoms with van der Waals surface area (Å²) in [7, 11) is 0. The molecule has 3 N–H and O–H groups in total. The molecule has 264 valence electrons. The largest absolute Gasteiger partial charge is 0.506 e. The lowest BCUT2D eigenvalue weighted by atomic mass is 10.0. The molecule has 2 aromatic carbocycles. The average Bonchev–Trinajstić information content (AvgIpc) is 3.71. The monoisotopic (exact) mass is 682 g/mol. The fourth-order valence-corrected chi connectivity index (χ4v) is 6.57. The predicted octanol–water partition coefficient (Wildman–Crippen LogP) is 9.84. The molecule has 6 nitrogen and oxygen atoms in total. The third-order valence-electron chi connectivity index (χ3n) is 9.19. The van der Waals surface area contributed by atoms with Gasteiger partial charge in [0.2, 0.25) is 5.78 Å². The van der Waals surface area contributed by atoms with Crippen LogP contribution in [0.2, 0.25) is 0 Å². The smallest absolute Gasteiger partial charge is 0.206 e. The lowest BCUT2D eigenvalue weighted by Gasteiger charge is -2.06. The van der Waals surface area contributed by atoms with E-state index in [-0.39, 0.29) is 11.5 Å². The van der Waals surface area contributed by atoms with E-state index in [0.717, 1.165) is 108 Å². The van der Waals surface area contributed by atoms with E-state index in [2.05, 4.69) is 59.6 Å². The first-order chi connectivity index (χ1) is 24.9. The van der Waals surface area contributed by atoms with Gasteiger partial charge < -0.3 is 24.5 Å². The Morgan fingerprint density at radius 3 is 1.59 bits per heavy atom. The van der Waals surface area contributed by atoms with Gasteiger partial charge >= 0.3 is 0 Å². The number of aliphatic hydroxyl groups excluding tert-OH is 1. The maximum atomic E-state index is 13.8. The molecule has 0 amide bonds. The molecular weight excluding hydrogens is 633 g/mol. The van der Waals surface area contributed by atoms with Gasteiger partial charge in [0.05, 0.1) is 36.0 Å². The third-order valence-corrected chi connectivity index (χ3v) is 9.19. The fraction of sp³-hybridized carbons (Fsp3) is 0.356. The number of hydrogen-bond acceptors (Lipinski definition) is 4. The Labute approximate surface area is 303 Å². The molecule has 3 heterocycles. The van der Waals surface area contributed by atoms with Crippen molar-refractivity contribution in [3.8, 4) is 35.2 Å². The van der Waals surface area contributed by atoms with E-state index in [0.29, 0.717) is 37.4 Å². The number of ether oxygens (including phenoxy) is 2. The highest BCUT2D eigenvalue weighted by molar-refractivity contribution is 6.08. The molecule has 51 heavy (non-hydrogen) atoms. The van der Waals surface area contributed by atoms with Crippen molar-refractivity contribution in [1.29, 1.82) is 0 Å². The summed E-state index contributed by atoms with van der Waals surface area (Å²) in [5, 5.41) is 11.4. The highest BCUT2D eigenvalue weighted by Gasteiger charge is 2.21. The van der Waals surface area contributed by atoms with Crippen molar-refractivity contribution in [3.05, 3.63) is 123 Å². The van der Waals surface area contributed by atoms with E-state index in [1.807, 2.05) is 62.4 Å². The first-order valence-electron chi connectivity index (χ1n) is 18.5. The van der Waals surface area contributed by atoms with Crippen molar-refractivity contribution in [2.45, 2.75) is 91.9 Å². The number of allylic oxidation sites excluding steroid dienone is 3. The number of aromatic nitrogens is 2. The highest BCUT2D eigenvalue weighted by atomic mass is 16.5. The zero-order chi connectivity index (χ0) is 36.0. The van der Waals surface area contributed by atoms with E-state index < -0.39 is 0 Å². The SMILES string of the molecule is CCc1c2[nH]c(c1CC)C(=O)/C=C(\O)c1[nH]c(c(CC)c1CC)C#Cc1cccc(c1)OCCCC/C=C/CCCCOc1cccc(c1)C#C2. The van der Waals surface area contributed by atoms with Crippen molar-refractivity contribution in [2.75, 3.05) is 13.2 Å². The summed E-state index contributed by atoms with van der Waals surface area (Å²) in [6.45, 7) is 9.53. The molecule has 0 unspecified atom stereocenters. The second-order valence-electron chi connectivity index (χ2n) is 12.7. The van der Waals surface area contributed by atoms with Crippen LogP contribution in [0.25, 0.3) is 5.76 Å². The van der Waals surface area contributed by atoms with Gasteiger partial charge in [0, 0.05) is 17.2 Å². The molecule has 0 atom stereocenters. The maximum absolute atomic E-state index is 13.8. The molecule has 1 aliphatic rings. The minimum atomic E-state index is -0.299. The van der Waals surface area contributed by atoms with Crippen molar-refractivity contribution < 1.29 is 19.4 Å². The van der Waals surface area contributed by atoms with Crippen LogP contribution in [0.4, 0.5) is 0 Å². The second-order valence-corrected chi connectivity index (χ2v) is 12.7. The first kappa shape index (κ1) is 36.9. The van der Waals surface area contributed by atoms with Crippen molar-refractivity contribution in [2.24, 2.45) is 0 Å². The lowest BCUT2D eigenvalue weighted by Crippen LogP contribution is -2.02. The van der Waals surface area contributed by atoms with Crippen LogP contribution in [0, 0.1) is 23.7 Å². The number of carbonyl (C=O) groups excluding carboxylic acids is 1. The van der Waals surface area contributed by atoms with E-state index in [9.17, 15) is 9.90 Å². The fourth-order valence-electron chi connectivity index (χ4n) is 6.57. The van der Waals surface area contributed by atoms with Gasteiger partial charge in [-0.05, 0) is 135 Å². The quantitative estimate of drug-likeness (QED) is 0.148. The van der Waals surface area contributed by atoms with Gasteiger partial charge in [0.15, 0.2) is 0 Å². The van der Waals surface area contributed by atoms with Gasteiger partial charge in [-0.2, -0.15) is 0 Å². The van der Waals surface area contributed by atoms with E-state index in [1.54, 1.807) is 0 Å². The second kappa shape index (κ2) is 18.6. The molecular formula is C45H50N2O4. The van der Waals surface area contributed by atoms with Crippen LogP contribution in [0.15, 0.2) is 66.8 Å². The van der Waals surface area contributed by atoms with Crippen LogP contribution in [0.3, 0.4) is 0 Å². The maximum Gasteiger partial charge on any atom is 0.206 e. The van der Waals surface area contributed by atoms with Gasteiger partial charge in [-0.3, -0.25) is 4.79 Å². The summed E-state index contributed by atoms with van der Waals surface area (Å²) in [6.07, 6.45) is 14.8. The van der Waals surface area contributed by atoms with E-state index >= 15 is 0 Å². The normalized spacial score (nSPS) is 16.1. The number of fused-ring (bicyclic) bond motifs is 8. The molecule has 0 spiro atoms. The molecule has 4 aromatic rings. The number of rotatable bonds is 4. The summed E-state index contributed by atoms with van der Waals surface area (Å²) in [6, 6.07) is 15.7. The van der Waals surface area contributed by atoms with Gasteiger partial charge in [-0.25, -0.2) is 0 Å². The van der Waals surface area contributed by atoms with Crippen LogP contribution in [0.1, 0.15) is 127 Å². The molecule has 0 aliphatic carbocycles. The Morgan fingerprint density at radius 2 is 1.10 bits per heavy atom. The lowest BCUT2D eigenvalue weighted by molar-refractivity contribution is 0.104. The van der Waals surface area contributed by atoms with Gasteiger partial charge in [0.1, 0.15) is 17.3 Å². The van der Waals surface area contributed by atoms with Crippen LogP contribution < -0.4 is 9.47 Å². The molecule has 0 saturated carbocycles. The van der Waals surface area contributed by atoms with Gasteiger partial charge in [-0.1, -0.05) is 63.8 Å². The van der Waals surface area contributed by atoms with Gasteiger partial charge in [-0.15, -0.1) is 0 Å². The Hall–Kier alpha value is -5.33. The molecule has 2 aromatic heterocycles. The number of ketones is 1. The third kappa shape index (κ3) is 9.68. The van der Waals surface area contributed by atoms with Gasteiger partial charge in [0.25, 0.3) is 0 Å². The Morgan fingerprint density at radius 1 is 0.627 bits per heavy atom.